The molecule has 1 aromatic rings. The average molecular weight is 265 g/mol. The highest BCUT2D eigenvalue weighted by Gasteiger charge is 2.13. The van der Waals surface area contributed by atoms with E-state index in [9.17, 15) is 4.79 Å². The summed E-state index contributed by atoms with van der Waals surface area (Å²) in [5.41, 5.74) is 0. The summed E-state index contributed by atoms with van der Waals surface area (Å²) >= 11 is 0. The number of nitrogens with zero attached hydrogens (tertiary/aromatic N) is 4. The molecule has 1 rings (SSSR count). The van der Waals surface area contributed by atoms with Crippen molar-refractivity contribution in [2.45, 2.75) is 20.8 Å². The first kappa shape index (κ1) is 15.2. The predicted molar refractivity (Wildman–Crippen MR) is 77.4 cm³/mol. The molecule has 6 nitrogen and oxygen atoms in total. The van der Waals surface area contributed by atoms with Crippen LogP contribution < -0.4 is 10.2 Å². The maximum atomic E-state index is 12.0. The highest BCUT2D eigenvalue weighted by Crippen LogP contribution is 2.12. The largest absolute Gasteiger partial charge is 0.370 e. The molecule has 0 spiro atoms. The van der Waals surface area contributed by atoms with Gasteiger partial charge in [-0.15, -0.1) is 0 Å². The molecule has 0 saturated carbocycles. The van der Waals surface area contributed by atoms with Gasteiger partial charge in [-0.3, -0.25) is 4.79 Å². The Morgan fingerprint density at radius 2 is 1.95 bits per heavy atom. The summed E-state index contributed by atoms with van der Waals surface area (Å²) in [6, 6.07) is 1.85. The number of amides is 1. The van der Waals surface area contributed by atoms with Gasteiger partial charge >= 0.3 is 0 Å². The predicted octanol–water partition coefficient (Wildman–Crippen LogP) is 1.21. The lowest BCUT2D eigenvalue weighted by molar-refractivity contribution is -0.129. The summed E-state index contributed by atoms with van der Waals surface area (Å²) in [6.07, 6.45) is 1.51. The zero-order chi connectivity index (χ0) is 14.3. The minimum absolute atomic E-state index is 0.108. The Morgan fingerprint density at radius 1 is 1.26 bits per heavy atom. The van der Waals surface area contributed by atoms with Crippen molar-refractivity contribution in [3.05, 3.63) is 12.4 Å². The van der Waals surface area contributed by atoms with E-state index in [1.807, 2.05) is 43.7 Å². The van der Waals surface area contributed by atoms with Crippen LogP contribution in [0.5, 0.6) is 0 Å². The van der Waals surface area contributed by atoms with Crippen molar-refractivity contribution in [2.24, 2.45) is 0 Å². The SMILES string of the molecule is CCNc1cc(N(C)CC(=O)N(CC)CC)ncn1. The highest BCUT2D eigenvalue weighted by molar-refractivity contribution is 5.81. The van der Waals surface area contributed by atoms with Gasteiger partial charge in [-0.2, -0.15) is 0 Å². The number of nitrogens with one attached hydrogen (secondary N) is 1. The van der Waals surface area contributed by atoms with Gasteiger partial charge in [0.15, 0.2) is 0 Å². The van der Waals surface area contributed by atoms with E-state index in [4.69, 9.17) is 0 Å². The van der Waals surface area contributed by atoms with Crippen LogP contribution in [-0.4, -0.2) is 54.0 Å². The fraction of sp³-hybridized carbons (Fsp3) is 0.615. The summed E-state index contributed by atoms with van der Waals surface area (Å²) < 4.78 is 0. The molecule has 0 unspecified atom stereocenters. The van der Waals surface area contributed by atoms with Crippen LogP contribution in [0.3, 0.4) is 0 Å². The maximum absolute atomic E-state index is 12.0. The Morgan fingerprint density at radius 3 is 2.53 bits per heavy atom. The summed E-state index contributed by atoms with van der Waals surface area (Å²) in [7, 11) is 1.86. The summed E-state index contributed by atoms with van der Waals surface area (Å²) in [4.78, 5) is 24.0. The molecule has 0 aliphatic rings. The quantitative estimate of drug-likeness (QED) is 0.803. The zero-order valence-electron chi connectivity index (χ0n) is 12.2. The number of anilines is 2. The summed E-state index contributed by atoms with van der Waals surface area (Å²) in [5, 5.41) is 3.13. The second-order valence-electron chi connectivity index (χ2n) is 4.21. The van der Waals surface area contributed by atoms with Gasteiger partial charge in [-0.25, -0.2) is 9.97 Å². The standard InChI is InChI=1S/C13H23N5O/c1-5-14-11-8-12(16-10-15-11)17(4)9-13(19)18(6-2)7-3/h8,10H,5-7,9H2,1-4H3,(H,14,15,16). The van der Waals surface area contributed by atoms with Gasteiger partial charge in [0.1, 0.15) is 18.0 Å². The van der Waals surface area contributed by atoms with Gasteiger partial charge in [0.25, 0.3) is 0 Å². The van der Waals surface area contributed by atoms with Crippen LogP contribution in [0.15, 0.2) is 12.4 Å². The Hall–Kier alpha value is -1.85. The fourth-order valence-electron chi connectivity index (χ4n) is 1.79. The van der Waals surface area contributed by atoms with Crippen LogP contribution in [0.2, 0.25) is 0 Å². The zero-order valence-corrected chi connectivity index (χ0v) is 12.2. The van der Waals surface area contributed by atoms with E-state index >= 15 is 0 Å². The van der Waals surface area contributed by atoms with Crippen LogP contribution in [0.25, 0.3) is 0 Å². The van der Waals surface area contributed by atoms with Gasteiger partial charge in [0.2, 0.25) is 5.91 Å². The van der Waals surface area contributed by atoms with Crippen LogP contribution in [0.1, 0.15) is 20.8 Å². The van der Waals surface area contributed by atoms with Crippen molar-refractivity contribution in [1.29, 1.82) is 0 Å². The highest BCUT2D eigenvalue weighted by atomic mass is 16.2. The molecule has 0 saturated heterocycles. The van der Waals surface area contributed by atoms with Crippen LogP contribution >= 0.6 is 0 Å². The molecule has 1 amide bonds. The Balaban J connectivity index is 2.69. The first-order valence-corrected chi connectivity index (χ1v) is 6.67. The monoisotopic (exact) mass is 265 g/mol. The van der Waals surface area contributed by atoms with Crippen molar-refractivity contribution >= 4 is 17.5 Å². The third kappa shape index (κ3) is 4.39. The summed E-state index contributed by atoms with van der Waals surface area (Å²) in [6.45, 7) is 8.56. The van der Waals surface area contributed by atoms with Crippen LogP contribution in [0.4, 0.5) is 11.6 Å². The van der Waals surface area contributed by atoms with E-state index in [1.165, 1.54) is 6.33 Å². The second kappa shape index (κ2) is 7.56. The third-order valence-corrected chi connectivity index (χ3v) is 2.89. The molecule has 0 fully saturated rings. The van der Waals surface area contributed by atoms with Crippen molar-refractivity contribution in [1.82, 2.24) is 14.9 Å². The smallest absolute Gasteiger partial charge is 0.242 e. The van der Waals surface area contributed by atoms with E-state index < -0.39 is 0 Å². The van der Waals surface area contributed by atoms with Gasteiger partial charge < -0.3 is 15.1 Å². The van der Waals surface area contributed by atoms with E-state index in [0.29, 0.717) is 6.54 Å². The fourth-order valence-corrected chi connectivity index (χ4v) is 1.79. The minimum atomic E-state index is 0.108. The molecular formula is C13H23N5O. The molecule has 1 aromatic heterocycles. The normalized spacial score (nSPS) is 10.1. The number of hydrogen-bond donors (Lipinski definition) is 1. The van der Waals surface area contributed by atoms with Gasteiger partial charge in [-0.05, 0) is 20.8 Å². The van der Waals surface area contributed by atoms with Crippen LogP contribution in [-0.2, 0) is 4.79 Å². The molecule has 0 bridgehead atoms. The van der Waals surface area contributed by atoms with E-state index in [1.54, 1.807) is 0 Å². The van der Waals surface area contributed by atoms with Gasteiger partial charge in [0, 0.05) is 32.7 Å². The molecule has 0 aromatic carbocycles. The molecule has 6 heteroatoms. The first-order valence-electron chi connectivity index (χ1n) is 6.67. The molecule has 106 valence electrons. The van der Waals surface area contributed by atoms with E-state index in [0.717, 1.165) is 31.3 Å². The molecular weight excluding hydrogens is 242 g/mol. The van der Waals surface area contributed by atoms with Crippen molar-refractivity contribution in [2.75, 3.05) is 43.4 Å². The lowest BCUT2D eigenvalue weighted by Crippen LogP contribution is -2.39. The average Bonchev–Trinajstić information content (AvgIpc) is 2.40. The molecule has 0 radical (unpaired) electrons. The third-order valence-electron chi connectivity index (χ3n) is 2.89. The first-order chi connectivity index (χ1) is 9.12. The topological polar surface area (TPSA) is 61.4 Å². The molecule has 0 atom stereocenters. The Kier molecular flexibility index (Phi) is 6.05. The van der Waals surface area contributed by atoms with E-state index in [2.05, 4.69) is 15.3 Å². The molecule has 0 aliphatic heterocycles. The van der Waals surface area contributed by atoms with Gasteiger partial charge in [0.05, 0.1) is 6.54 Å². The number of carbonyl (C=O) groups excluding carboxylic acids is 1. The lowest BCUT2D eigenvalue weighted by Gasteiger charge is -2.23. The maximum Gasteiger partial charge on any atom is 0.242 e. The number of carbonyl (C=O) groups is 1. The second-order valence-corrected chi connectivity index (χ2v) is 4.21. The lowest BCUT2D eigenvalue weighted by atomic mass is 10.4. The van der Waals surface area contributed by atoms with Crippen molar-refractivity contribution < 1.29 is 4.79 Å². The summed E-state index contributed by atoms with van der Waals surface area (Å²) in [5.74, 6) is 1.62. The molecule has 1 N–H and O–H groups in total. The van der Waals surface area contributed by atoms with Crippen molar-refractivity contribution in [3.63, 3.8) is 0 Å². The number of hydrogen-bond acceptors (Lipinski definition) is 5. The Bertz CT molecular complexity index is 406. The van der Waals surface area contributed by atoms with Gasteiger partial charge in [-0.1, -0.05) is 0 Å². The van der Waals surface area contributed by atoms with Crippen molar-refractivity contribution in [3.8, 4) is 0 Å². The minimum Gasteiger partial charge on any atom is -0.370 e. The molecule has 1 heterocycles. The number of likely N-dealkylation sites (N-methyl/N-ethyl adjacent to an activating group) is 2. The number of rotatable bonds is 7. The molecule has 0 aliphatic carbocycles. The molecule has 19 heavy (non-hydrogen) atoms. The Labute approximate surface area is 114 Å². The van der Waals surface area contributed by atoms with E-state index in [-0.39, 0.29) is 5.91 Å². The number of aromatic nitrogens is 2. The van der Waals surface area contributed by atoms with Crippen LogP contribution in [0, 0.1) is 0 Å².